The van der Waals surface area contributed by atoms with Gasteiger partial charge in [-0.05, 0) is 66.0 Å². The fourth-order valence-electron chi connectivity index (χ4n) is 2.28. The molecule has 1 aromatic carbocycles. The monoisotopic (exact) mass is 332 g/mol. The minimum Gasteiger partial charge on any atom is -0.385 e. The van der Waals surface area contributed by atoms with E-state index in [1.165, 1.54) is 3.57 Å². The lowest BCUT2D eigenvalue weighted by Gasteiger charge is -2.36. The summed E-state index contributed by atoms with van der Waals surface area (Å²) in [6.07, 6.45) is 1.89. The average molecular weight is 332 g/mol. The number of benzene rings is 1. The topological polar surface area (TPSA) is 29.5 Å². The molecule has 16 heavy (non-hydrogen) atoms. The van der Waals surface area contributed by atoms with Crippen molar-refractivity contribution >= 4 is 22.6 Å². The summed E-state index contributed by atoms with van der Waals surface area (Å²) in [7, 11) is 0. The van der Waals surface area contributed by atoms with Crippen molar-refractivity contribution in [2.24, 2.45) is 5.92 Å². The Hall–Kier alpha value is -0.130. The van der Waals surface area contributed by atoms with Gasteiger partial charge in [0, 0.05) is 16.8 Å². The Morgan fingerprint density at radius 2 is 1.81 bits per heavy atom. The number of aliphatic hydroxyl groups is 1. The molecule has 1 atom stereocenters. The third kappa shape index (κ3) is 2.57. The van der Waals surface area contributed by atoms with Gasteiger partial charge in [-0.15, -0.1) is 0 Å². The van der Waals surface area contributed by atoms with E-state index in [4.69, 9.17) is 4.74 Å². The standard InChI is InChI=1S/C13H17IO2/c1-13(15,11-6-8-16-9-7-11)10-2-4-12(14)5-3-10/h2-5,11,15H,6-9H2,1H3. The molecule has 0 amide bonds. The molecule has 2 nitrogen and oxygen atoms in total. The highest BCUT2D eigenvalue weighted by atomic mass is 127. The number of hydrogen-bond donors (Lipinski definition) is 1. The summed E-state index contributed by atoms with van der Waals surface area (Å²) in [4.78, 5) is 0. The van der Waals surface area contributed by atoms with Gasteiger partial charge in [-0.1, -0.05) is 12.1 Å². The summed E-state index contributed by atoms with van der Waals surface area (Å²) < 4.78 is 6.54. The van der Waals surface area contributed by atoms with Crippen LogP contribution in [0.2, 0.25) is 0 Å². The molecular formula is C13H17IO2. The maximum atomic E-state index is 10.6. The summed E-state index contributed by atoms with van der Waals surface area (Å²) in [5.74, 6) is 0.307. The van der Waals surface area contributed by atoms with E-state index in [2.05, 4.69) is 22.6 Å². The van der Waals surface area contributed by atoms with Gasteiger partial charge < -0.3 is 9.84 Å². The van der Waals surface area contributed by atoms with E-state index in [9.17, 15) is 5.11 Å². The SMILES string of the molecule is CC(O)(c1ccc(I)cc1)C1CCOCC1. The van der Waals surface area contributed by atoms with Crippen molar-refractivity contribution in [2.75, 3.05) is 13.2 Å². The van der Waals surface area contributed by atoms with E-state index in [1.54, 1.807) is 0 Å². The highest BCUT2D eigenvalue weighted by Crippen LogP contribution is 2.35. The maximum absolute atomic E-state index is 10.6. The molecule has 3 heteroatoms. The zero-order valence-electron chi connectivity index (χ0n) is 9.45. The van der Waals surface area contributed by atoms with Crippen LogP contribution < -0.4 is 0 Å². The molecule has 1 aliphatic heterocycles. The molecule has 0 spiro atoms. The third-order valence-electron chi connectivity index (χ3n) is 3.44. The smallest absolute Gasteiger partial charge is 0.0898 e. The second-order valence-corrected chi connectivity index (χ2v) is 5.79. The van der Waals surface area contributed by atoms with Gasteiger partial charge >= 0.3 is 0 Å². The van der Waals surface area contributed by atoms with E-state index < -0.39 is 5.60 Å². The zero-order valence-corrected chi connectivity index (χ0v) is 11.6. The van der Waals surface area contributed by atoms with E-state index >= 15 is 0 Å². The van der Waals surface area contributed by atoms with Crippen LogP contribution in [0.1, 0.15) is 25.3 Å². The first-order chi connectivity index (χ1) is 7.60. The molecule has 1 fully saturated rings. The fourth-order valence-corrected chi connectivity index (χ4v) is 2.64. The summed E-state index contributed by atoms with van der Waals surface area (Å²) in [5.41, 5.74) is 0.286. The highest BCUT2D eigenvalue weighted by molar-refractivity contribution is 14.1. The van der Waals surface area contributed by atoms with Gasteiger partial charge in [-0.2, -0.15) is 0 Å². The Morgan fingerprint density at radius 3 is 2.38 bits per heavy atom. The van der Waals surface area contributed by atoms with Crippen molar-refractivity contribution in [3.63, 3.8) is 0 Å². The molecule has 0 radical (unpaired) electrons. The molecule has 1 N–H and O–H groups in total. The number of ether oxygens (including phenoxy) is 1. The van der Waals surface area contributed by atoms with Crippen LogP contribution in [0.5, 0.6) is 0 Å². The summed E-state index contributed by atoms with van der Waals surface area (Å²) >= 11 is 2.28. The molecule has 1 unspecified atom stereocenters. The molecule has 1 heterocycles. The van der Waals surface area contributed by atoms with Crippen molar-refractivity contribution in [3.8, 4) is 0 Å². The first-order valence-corrected chi connectivity index (χ1v) is 6.75. The molecule has 1 aromatic rings. The van der Waals surface area contributed by atoms with Crippen molar-refractivity contribution < 1.29 is 9.84 Å². The summed E-state index contributed by atoms with van der Waals surface area (Å²) in [6.45, 7) is 3.46. The third-order valence-corrected chi connectivity index (χ3v) is 4.16. The van der Waals surface area contributed by atoms with E-state index in [0.29, 0.717) is 5.92 Å². The van der Waals surface area contributed by atoms with Crippen LogP contribution in [0.3, 0.4) is 0 Å². The van der Waals surface area contributed by atoms with Crippen LogP contribution in [-0.2, 0) is 10.3 Å². The second kappa shape index (κ2) is 5.02. The van der Waals surface area contributed by atoms with E-state index in [1.807, 2.05) is 31.2 Å². The van der Waals surface area contributed by atoms with Crippen molar-refractivity contribution in [3.05, 3.63) is 33.4 Å². The van der Waals surface area contributed by atoms with Gasteiger partial charge in [0.25, 0.3) is 0 Å². The van der Waals surface area contributed by atoms with Crippen LogP contribution in [0.4, 0.5) is 0 Å². The molecule has 0 saturated carbocycles. The quantitative estimate of drug-likeness (QED) is 0.844. The predicted octanol–water partition coefficient (Wildman–Crippen LogP) is 2.93. The lowest BCUT2D eigenvalue weighted by atomic mass is 9.78. The molecule has 1 saturated heterocycles. The van der Waals surface area contributed by atoms with Crippen LogP contribution in [0.25, 0.3) is 0 Å². The first kappa shape index (κ1) is 12.3. The lowest BCUT2D eigenvalue weighted by Crippen LogP contribution is -2.35. The van der Waals surface area contributed by atoms with Crippen molar-refractivity contribution in [1.82, 2.24) is 0 Å². The highest BCUT2D eigenvalue weighted by Gasteiger charge is 2.34. The predicted molar refractivity (Wildman–Crippen MR) is 72.3 cm³/mol. The first-order valence-electron chi connectivity index (χ1n) is 5.67. The molecule has 0 aliphatic carbocycles. The minimum atomic E-state index is -0.728. The minimum absolute atomic E-state index is 0.307. The summed E-state index contributed by atoms with van der Waals surface area (Å²) in [5, 5.41) is 10.6. The van der Waals surface area contributed by atoms with Crippen LogP contribution >= 0.6 is 22.6 Å². The number of rotatable bonds is 2. The normalized spacial score (nSPS) is 21.7. The van der Waals surface area contributed by atoms with E-state index in [0.717, 1.165) is 31.6 Å². The molecule has 0 bridgehead atoms. The lowest BCUT2D eigenvalue weighted by molar-refractivity contribution is -0.0579. The van der Waals surface area contributed by atoms with Crippen LogP contribution in [-0.4, -0.2) is 18.3 Å². The van der Waals surface area contributed by atoms with Crippen molar-refractivity contribution in [1.29, 1.82) is 0 Å². The zero-order chi connectivity index (χ0) is 11.6. The fraction of sp³-hybridized carbons (Fsp3) is 0.538. The molecular weight excluding hydrogens is 315 g/mol. The van der Waals surface area contributed by atoms with Gasteiger partial charge in [-0.3, -0.25) is 0 Å². The van der Waals surface area contributed by atoms with E-state index in [-0.39, 0.29) is 0 Å². The Bertz CT molecular complexity index is 339. The van der Waals surface area contributed by atoms with Gasteiger partial charge in [0.1, 0.15) is 0 Å². The number of halogens is 1. The van der Waals surface area contributed by atoms with Crippen molar-refractivity contribution in [2.45, 2.75) is 25.4 Å². The molecule has 88 valence electrons. The molecule has 2 rings (SSSR count). The Labute approximate surface area is 110 Å². The van der Waals surface area contributed by atoms with Crippen LogP contribution in [0.15, 0.2) is 24.3 Å². The van der Waals surface area contributed by atoms with Gasteiger partial charge in [-0.25, -0.2) is 0 Å². The van der Waals surface area contributed by atoms with Crippen LogP contribution in [0, 0.1) is 9.49 Å². The molecule has 0 aromatic heterocycles. The maximum Gasteiger partial charge on any atom is 0.0898 e. The van der Waals surface area contributed by atoms with Gasteiger partial charge in [0.15, 0.2) is 0 Å². The van der Waals surface area contributed by atoms with Gasteiger partial charge in [0.05, 0.1) is 5.60 Å². The molecule has 1 aliphatic rings. The Morgan fingerprint density at radius 1 is 1.25 bits per heavy atom. The Balaban J connectivity index is 2.19. The average Bonchev–Trinajstić information content (AvgIpc) is 2.31. The Kier molecular flexibility index (Phi) is 3.87. The second-order valence-electron chi connectivity index (χ2n) is 4.54. The summed E-state index contributed by atoms with van der Waals surface area (Å²) in [6, 6.07) is 8.14. The number of hydrogen-bond acceptors (Lipinski definition) is 2. The largest absolute Gasteiger partial charge is 0.385 e. The van der Waals surface area contributed by atoms with Gasteiger partial charge in [0.2, 0.25) is 0 Å².